The third-order valence-electron chi connectivity index (χ3n) is 2.54. The van der Waals surface area contributed by atoms with Crippen molar-refractivity contribution in [1.82, 2.24) is 4.98 Å². The molecule has 7 heteroatoms. The number of anilines is 2. The lowest BCUT2D eigenvalue weighted by Gasteiger charge is -2.11. The molecule has 0 atom stereocenters. The molecule has 0 bridgehead atoms. The number of hydrogen-bond donors (Lipinski definition) is 2. The van der Waals surface area contributed by atoms with Gasteiger partial charge in [-0.3, -0.25) is 4.79 Å². The van der Waals surface area contributed by atoms with E-state index in [1.54, 1.807) is 31.4 Å². The summed E-state index contributed by atoms with van der Waals surface area (Å²) in [7, 11) is 1.56. The number of rotatable bonds is 3. The summed E-state index contributed by atoms with van der Waals surface area (Å²) in [5.41, 5.74) is 6.51. The van der Waals surface area contributed by atoms with Crippen molar-refractivity contribution in [2.45, 2.75) is 0 Å². The molecule has 3 N–H and O–H groups in total. The van der Waals surface area contributed by atoms with Gasteiger partial charge in [-0.15, -0.1) is 0 Å². The van der Waals surface area contributed by atoms with Crippen LogP contribution in [0.1, 0.15) is 10.4 Å². The number of aromatic nitrogens is 1. The molecule has 0 aliphatic rings. The molecule has 0 saturated carbocycles. The molecule has 104 valence electrons. The van der Waals surface area contributed by atoms with Crippen LogP contribution in [0.15, 0.2) is 39.4 Å². The first-order valence-corrected chi connectivity index (χ1v) is 7.15. The van der Waals surface area contributed by atoms with E-state index < -0.39 is 0 Å². The largest absolute Gasteiger partial charge is 0.495 e. The number of nitrogens with zero attached hydrogens (tertiary/aromatic N) is 1. The second kappa shape index (κ2) is 6.23. The Morgan fingerprint density at radius 1 is 1.30 bits per heavy atom. The molecule has 5 nitrogen and oxygen atoms in total. The summed E-state index contributed by atoms with van der Waals surface area (Å²) in [5.74, 6) is 0.717. The molecule has 0 saturated heterocycles. The van der Waals surface area contributed by atoms with Crippen LogP contribution in [0, 0.1) is 0 Å². The second-order valence-electron chi connectivity index (χ2n) is 3.89. The maximum absolute atomic E-state index is 12.1. The van der Waals surface area contributed by atoms with Gasteiger partial charge in [0.1, 0.15) is 11.6 Å². The molecule has 1 aromatic carbocycles. The molecule has 20 heavy (non-hydrogen) atoms. The van der Waals surface area contributed by atoms with Crippen molar-refractivity contribution < 1.29 is 9.53 Å². The van der Waals surface area contributed by atoms with Crippen LogP contribution in [-0.2, 0) is 0 Å². The fourth-order valence-electron chi connectivity index (χ4n) is 1.52. The van der Waals surface area contributed by atoms with E-state index >= 15 is 0 Å². The fraction of sp³-hybridized carbons (Fsp3) is 0.0769. The monoisotopic (exact) mass is 399 g/mol. The summed E-state index contributed by atoms with van der Waals surface area (Å²) in [6.45, 7) is 0. The van der Waals surface area contributed by atoms with Gasteiger partial charge in [0.25, 0.3) is 5.91 Å². The first kappa shape index (κ1) is 14.8. The molecule has 2 rings (SSSR count). The third-order valence-corrected chi connectivity index (χ3v) is 3.81. The van der Waals surface area contributed by atoms with Crippen LogP contribution in [0.5, 0.6) is 5.75 Å². The van der Waals surface area contributed by atoms with Crippen molar-refractivity contribution in [3.05, 3.63) is 45.0 Å². The van der Waals surface area contributed by atoms with Crippen molar-refractivity contribution in [3.63, 3.8) is 0 Å². The number of hydrogen-bond acceptors (Lipinski definition) is 4. The predicted molar refractivity (Wildman–Crippen MR) is 85.0 cm³/mol. The second-order valence-corrected chi connectivity index (χ2v) is 5.60. The number of nitrogens with two attached hydrogens (primary N) is 1. The lowest BCUT2D eigenvalue weighted by Crippen LogP contribution is -2.13. The highest BCUT2D eigenvalue weighted by Gasteiger charge is 2.11. The van der Waals surface area contributed by atoms with Gasteiger partial charge in [0.15, 0.2) is 0 Å². The summed E-state index contributed by atoms with van der Waals surface area (Å²) < 4.78 is 6.72. The molecule has 2 aromatic rings. The van der Waals surface area contributed by atoms with Gasteiger partial charge in [-0.25, -0.2) is 4.98 Å². The molecular weight excluding hydrogens is 390 g/mol. The molecule has 1 amide bonds. The molecule has 0 aliphatic carbocycles. The minimum absolute atomic E-state index is 0.275. The van der Waals surface area contributed by atoms with Crippen LogP contribution >= 0.6 is 31.9 Å². The van der Waals surface area contributed by atoms with Crippen molar-refractivity contribution in [2.24, 2.45) is 0 Å². The molecule has 0 spiro atoms. The first-order chi connectivity index (χ1) is 9.51. The Morgan fingerprint density at radius 2 is 2.05 bits per heavy atom. The first-order valence-electron chi connectivity index (χ1n) is 5.57. The summed E-state index contributed by atoms with van der Waals surface area (Å²) >= 11 is 6.76. The van der Waals surface area contributed by atoms with E-state index in [-0.39, 0.29) is 5.91 Å². The highest BCUT2D eigenvalue weighted by molar-refractivity contribution is 9.11. The van der Waals surface area contributed by atoms with Gasteiger partial charge < -0.3 is 15.8 Å². The van der Waals surface area contributed by atoms with Crippen LogP contribution in [0.25, 0.3) is 0 Å². The van der Waals surface area contributed by atoms with E-state index in [1.165, 1.54) is 6.20 Å². The van der Waals surface area contributed by atoms with Crippen LogP contribution in [-0.4, -0.2) is 18.0 Å². The van der Waals surface area contributed by atoms with Gasteiger partial charge in [-0.05, 0) is 50.1 Å². The lowest BCUT2D eigenvalue weighted by atomic mass is 10.2. The molecular formula is C13H11Br2N3O2. The Labute approximate surface area is 132 Å². The summed E-state index contributed by atoms with van der Waals surface area (Å²) in [5, 5.41) is 2.78. The third kappa shape index (κ3) is 3.29. The lowest BCUT2D eigenvalue weighted by molar-refractivity contribution is 0.102. The molecule has 1 aromatic heterocycles. The van der Waals surface area contributed by atoms with E-state index in [0.717, 1.165) is 8.95 Å². The molecule has 0 fully saturated rings. The SMILES string of the molecule is COc1cc(NC(=O)c2ccc(N)nc2)c(Br)cc1Br. The van der Waals surface area contributed by atoms with Crippen molar-refractivity contribution in [1.29, 1.82) is 0 Å². The van der Waals surface area contributed by atoms with E-state index in [2.05, 4.69) is 42.2 Å². The Kier molecular flexibility index (Phi) is 4.61. The van der Waals surface area contributed by atoms with E-state index in [0.29, 0.717) is 22.8 Å². The Balaban J connectivity index is 2.25. The quantitative estimate of drug-likeness (QED) is 0.827. The zero-order valence-corrected chi connectivity index (χ0v) is 13.7. The van der Waals surface area contributed by atoms with Crippen molar-refractivity contribution in [2.75, 3.05) is 18.2 Å². The zero-order valence-electron chi connectivity index (χ0n) is 10.5. The number of pyridine rings is 1. The molecule has 0 radical (unpaired) electrons. The summed E-state index contributed by atoms with van der Waals surface area (Å²) in [6.07, 6.45) is 1.43. The van der Waals surface area contributed by atoms with Crippen LogP contribution < -0.4 is 15.8 Å². The predicted octanol–water partition coefficient (Wildman–Crippen LogP) is 3.45. The van der Waals surface area contributed by atoms with Crippen molar-refractivity contribution in [3.8, 4) is 5.75 Å². The maximum Gasteiger partial charge on any atom is 0.257 e. The number of amides is 1. The Morgan fingerprint density at radius 3 is 2.65 bits per heavy atom. The minimum Gasteiger partial charge on any atom is -0.495 e. The fourth-order valence-corrected chi connectivity index (χ4v) is 2.77. The summed E-state index contributed by atoms with van der Waals surface area (Å²) in [6, 6.07) is 6.71. The van der Waals surface area contributed by atoms with Crippen LogP contribution in [0.3, 0.4) is 0 Å². The maximum atomic E-state index is 12.1. The highest BCUT2D eigenvalue weighted by atomic mass is 79.9. The number of halogens is 2. The average molecular weight is 401 g/mol. The van der Waals surface area contributed by atoms with Crippen molar-refractivity contribution >= 4 is 49.3 Å². The Hall–Kier alpha value is -1.60. The topological polar surface area (TPSA) is 77.2 Å². The van der Waals surface area contributed by atoms with Gasteiger partial charge in [-0.1, -0.05) is 0 Å². The van der Waals surface area contributed by atoms with Gasteiger partial charge in [-0.2, -0.15) is 0 Å². The Bertz CT molecular complexity index is 645. The smallest absolute Gasteiger partial charge is 0.257 e. The number of benzene rings is 1. The van der Waals surface area contributed by atoms with Crippen LogP contribution in [0.4, 0.5) is 11.5 Å². The van der Waals surface area contributed by atoms with Gasteiger partial charge >= 0.3 is 0 Å². The summed E-state index contributed by atoms with van der Waals surface area (Å²) in [4.78, 5) is 16.0. The van der Waals surface area contributed by atoms with E-state index in [9.17, 15) is 4.79 Å². The van der Waals surface area contributed by atoms with E-state index in [4.69, 9.17) is 10.5 Å². The molecule has 1 heterocycles. The van der Waals surface area contributed by atoms with E-state index in [1.807, 2.05) is 0 Å². The number of methoxy groups -OCH3 is 1. The molecule has 0 unspecified atom stereocenters. The number of nitrogens with one attached hydrogen (secondary N) is 1. The van der Waals surface area contributed by atoms with Gasteiger partial charge in [0, 0.05) is 16.7 Å². The number of nitrogen functional groups attached to an aromatic ring is 1. The van der Waals surface area contributed by atoms with Gasteiger partial charge in [0.05, 0.1) is 22.8 Å². The normalized spacial score (nSPS) is 10.2. The molecule has 0 aliphatic heterocycles. The number of carbonyl (C=O) groups is 1. The standard InChI is InChI=1S/C13H11Br2N3O2/c1-20-11-5-10(8(14)4-9(11)15)18-13(19)7-2-3-12(16)17-6-7/h2-6H,1H3,(H2,16,17)(H,18,19). The number of ether oxygens (including phenoxy) is 1. The van der Waals surface area contributed by atoms with Gasteiger partial charge in [0.2, 0.25) is 0 Å². The minimum atomic E-state index is -0.275. The zero-order chi connectivity index (χ0) is 14.7. The number of carbonyl (C=O) groups excluding carboxylic acids is 1. The average Bonchev–Trinajstić information content (AvgIpc) is 2.42. The van der Waals surface area contributed by atoms with Crippen LogP contribution in [0.2, 0.25) is 0 Å². The highest BCUT2D eigenvalue weighted by Crippen LogP contribution is 2.34.